The maximum absolute atomic E-state index is 12.3. The molecule has 0 atom stereocenters. The quantitative estimate of drug-likeness (QED) is 0.871. The average Bonchev–Trinajstić information content (AvgIpc) is 2.49. The van der Waals surface area contributed by atoms with E-state index >= 15 is 0 Å². The van der Waals surface area contributed by atoms with Gasteiger partial charge in [0.15, 0.2) is 0 Å². The summed E-state index contributed by atoms with van der Waals surface area (Å²) in [4.78, 5) is 28.7. The van der Waals surface area contributed by atoms with Gasteiger partial charge >= 0.3 is 0 Å². The zero-order valence-corrected chi connectivity index (χ0v) is 13.2. The topological polar surface area (TPSA) is 76.3 Å². The molecule has 1 aromatic carbocycles. The molecule has 0 aliphatic rings. The lowest BCUT2D eigenvalue weighted by Crippen LogP contribution is -2.26. The molecule has 0 aliphatic carbocycles. The van der Waals surface area contributed by atoms with Crippen LogP contribution in [0.1, 0.15) is 26.3 Å². The van der Waals surface area contributed by atoms with E-state index in [2.05, 4.69) is 4.98 Å². The zero-order chi connectivity index (χ0) is 16.3. The van der Waals surface area contributed by atoms with Crippen molar-refractivity contribution in [3.63, 3.8) is 0 Å². The second kappa shape index (κ2) is 6.77. The fourth-order valence-electron chi connectivity index (χ4n) is 1.88. The first-order valence-corrected chi connectivity index (χ1v) is 7.09. The van der Waals surface area contributed by atoms with Gasteiger partial charge in [-0.3, -0.25) is 9.59 Å². The molecule has 5 nitrogen and oxygen atoms in total. The van der Waals surface area contributed by atoms with Gasteiger partial charge in [0.2, 0.25) is 5.91 Å². The smallest absolute Gasteiger partial charge is 0.255 e. The number of hydrogen-bond acceptors (Lipinski definition) is 3. The first kappa shape index (κ1) is 16.3. The minimum atomic E-state index is -0.488. The van der Waals surface area contributed by atoms with Gasteiger partial charge in [-0.2, -0.15) is 0 Å². The fraction of sp³-hybridized carbons (Fsp3) is 0.133. The van der Waals surface area contributed by atoms with E-state index in [1.54, 1.807) is 31.3 Å². The van der Waals surface area contributed by atoms with Gasteiger partial charge in [-0.15, -0.1) is 0 Å². The molecule has 2 aromatic rings. The molecule has 22 heavy (non-hydrogen) atoms. The minimum Gasteiger partial charge on any atom is -0.366 e. The molecule has 0 saturated carbocycles. The van der Waals surface area contributed by atoms with Crippen molar-refractivity contribution in [1.29, 1.82) is 0 Å². The third-order valence-electron chi connectivity index (χ3n) is 3.05. The van der Waals surface area contributed by atoms with Crippen molar-refractivity contribution in [3.05, 3.63) is 63.4 Å². The SMILES string of the molecule is CN(Cc1ccc(C(N)=O)cc1)C(=O)c1cnc(Cl)c(Cl)c1. The van der Waals surface area contributed by atoms with Crippen LogP contribution in [-0.4, -0.2) is 28.7 Å². The summed E-state index contributed by atoms with van der Waals surface area (Å²) in [6, 6.07) is 8.22. The molecule has 0 saturated heterocycles. The van der Waals surface area contributed by atoms with Crippen LogP contribution in [0.15, 0.2) is 36.5 Å². The fourth-order valence-corrected chi connectivity index (χ4v) is 2.15. The zero-order valence-electron chi connectivity index (χ0n) is 11.7. The van der Waals surface area contributed by atoms with Crippen molar-refractivity contribution < 1.29 is 9.59 Å². The number of amides is 2. The number of carbonyl (C=O) groups excluding carboxylic acids is 2. The summed E-state index contributed by atoms with van der Waals surface area (Å²) in [5.41, 5.74) is 6.83. The highest BCUT2D eigenvalue weighted by Gasteiger charge is 2.14. The molecule has 0 bridgehead atoms. The Hall–Kier alpha value is -2.11. The monoisotopic (exact) mass is 337 g/mol. The first-order chi connectivity index (χ1) is 10.4. The van der Waals surface area contributed by atoms with Gasteiger partial charge < -0.3 is 10.6 Å². The molecule has 0 aliphatic heterocycles. The van der Waals surface area contributed by atoms with Crippen LogP contribution in [0.2, 0.25) is 10.2 Å². The second-order valence-electron chi connectivity index (χ2n) is 4.72. The van der Waals surface area contributed by atoms with Gasteiger partial charge in [0, 0.05) is 25.4 Å². The molecule has 1 heterocycles. The summed E-state index contributed by atoms with van der Waals surface area (Å²) < 4.78 is 0. The maximum Gasteiger partial charge on any atom is 0.255 e. The number of nitrogens with two attached hydrogens (primary N) is 1. The van der Waals surface area contributed by atoms with Crippen LogP contribution in [0.3, 0.4) is 0 Å². The lowest BCUT2D eigenvalue weighted by atomic mass is 10.1. The van der Waals surface area contributed by atoms with E-state index in [1.807, 2.05) is 0 Å². The highest BCUT2D eigenvalue weighted by atomic mass is 35.5. The molecule has 2 N–H and O–H groups in total. The number of halogens is 2. The summed E-state index contributed by atoms with van der Waals surface area (Å²) in [7, 11) is 1.66. The highest BCUT2D eigenvalue weighted by molar-refractivity contribution is 6.41. The van der Waals surface area contributed by atoms with Crippen LogP contribution in [0.4, 0.5) is 0 Å². The van der Waals surface area contributed by atoms with E-state index in [9.17, 15) is 9.59 Å². The van der Waals surface area contributed by atoms with Gasteiger partial charge in [0.25, 0.3) is 5.91 Å². The standard InChI is InChI=1S/C15H13Cl2N3O2/c1-20(8-9-2-4-10(5-3-9)14(18)21)15(22)11-6-12(16)13(17)19-7-11/h2-7H,8H2,1H3,(H2,18,21). The second-order valence-corrected chi connectivity index (χ2v) is 5.48. The lowest BCUT2D eigenvalue weighted by Gasteiger charge is -2.17. The Balaban J connectivity index is 2.10. The Kier molecular flexibility index (Phi) is 5.00. The molecule has 7 heteroatoms. The summed E-state index contributed by atoms with van der Waals surface area (Å²) in [6.07, 6.45) is 1.38. The number of hydrogen-bond donors (Lipinski definition) is 1. The Labute approximate surface area is 137 Å². The van der Waals surface area contributed by atoms with Crippen LogP contribution in [0.25, 0.3) is 0 Å². The van der Waals surface area contributed by atoms with E-state index in [0.717, 1.165) is 5.56 Å². The molecule has 2 amide bonds. The Morgan fingerprint density at radius 2 is 1.82 bits per heavy atom. The van der Waals surface area contributed by atoms with Crippen LogP contribution in [-0.2, 0) is 6.54 Å². The van der Waals surface area contributed by atoms with Gasteiger partial charge in [0.05, 0.1) is 10.6 Å². The third kappa shape index (κ3) is 3.75. The summed E-state index contributed by atoms with van der Waals surface area (Å²) >= 11 is 11.6. The molecule has 0 radical (unpaired) electrons. The normalized spacial score (nSPS) is 10.3. The highest BCUT2D eigenvalue weighted by Crippen LogP contribution is 2.20. The van der Waals surface area contributed by atoms with E-state index < -0.39 is 5.91 Å². The largest absolute Gasteiger partial charge is 0.366 e. The number of pyridine rings is 1. The van der Waals surface area contributed by atoms with Crippen LogP contribution in [0.5, 0.6) is 0 Å². The van der Waals surface area contributed by atoms with Crippen LogP contribution in [0, 0.1) is 0 Å². The van der Waals surface area contributed by atoms with Crippen molar-refractivity contribution in [2.75, 3.05) is 7.05 Å². The molecule has 0 spiro atoms. The predicted molar refractivity (Wildman–Crippen MR) is 85.0 cm³/mol. The number of primary amides is 1. The molecule has 0 fully saturated rings. The summed E-state index contributed by atoms with van der Waals surface area (Å²) in [5.74, 6) is -0.720. The van der Waals surface area contributed by atoms with E-state index in [1.165, 1.54) is 17.2 Å². The Morgan fingerprint density at radius 1 is 1.18 bits per heavy atom. The number of aromatic nitrogens is 1. The third-order valence-corrected chi connectivity index (χ3v) is 3.73. The number of rotatable bonds is 4. The van der Waals surface area contributed by atoms with Crippen molar-refractivity contribution in [3.8, 4) is 0 Å². The predicted octanol–water partition coefficient (Wildman–Crippen LogP) is 2.76. The Bertz CT molecular complexity index is 717. The van der Waals surface area contributed by atoms with E-state index in [4.69, 9.17) is 28.9 Å². The van der Waals surface area contributed by atoms with Crippen molar-refractivity contribution in [2.24, 2.45) is 5.73 Å². The molecule has 114 valence electrons. The van der Waals surface area contributed by atoms with E-state index in [-0.39, 0.29) is 16.1 Å². The van der Waals surface area contributed by atoms with Gasteiger partial charge in [0.1, 0.15) is 5.15 Å². The molecule has 0 unspecified atom stereocenters. The van der Waals surface area contributed by atoms with Gasteiger partial charge in [-0.25, -0.2) is 4.98 Å². The van der Waals surface area contributed by atoms with Crippen LogP contribution >= 0.6 is 23.2 Å². The van der Waals surface area contributed by atoms with Crippen molar-refractivity contribution in [1.82, 2.24) is 9.88 Å². The Morgan fingerprint density at radius 3 is 2.36 bits per heavy atom. The van der Waals surface area contributed by atoms with Gasteiger partial charge in [-0.05, 0) is 23.8 Å². The molecule has 2 rings (SSSR count). The molecular formula is C15H13Cl2N3O2. The lowest BCUT2D eigenvalue weighted by molar-refractivity contribution is 0.0784. The van der Waals surface area contributed by atoms with Crippen LogP contribution < -0.4 is 5.73 Å². The number of carbonyl (C=O) groups is 2. The summed E-state index contributed by atoms with van der Waals surface area (Å²) in [6.45, 7) is 0.373. The number of nitrogens with zero attached hydrogens (tertiary/aromatic N) is 2. The molecule has 1 aromatic heterocycles. The molecular weight excluding hydrogens is 325 g/mol. The first-order valence-electron chi connectivity index (χ1n) is 6.33. The maximum atomic E-state index is 12.3. The van der Waals surface area contributed by atoms with E-state index in [0.29, 0.717) is 17.7 Å². The van der Waals surface area contributed by atoms with Crippen molar-refractivity contribution >= 4 is 35.0 Å². The van der Waals surface area contributed by atoms with Gasteiger partial charge in [-0.1, -0.05) is 35.3 Å². The number of benzene rings is 1. The van der Waals surface area contributed by atoms with Crippen molar-refractivity contribution in [2.45, 2.75) is 6.54 Å². The minimum absolute atomic E-state index is 0.155. The average molecular weight is 338 g/mol. The summed E-state index contributed by atoms with van der Waals surface area (Å²) in [5, 5.41) is 0.384.